The molecule has 1 aromatic rings. The Labute approximate surface area is 120 Å². The maximum absolute atomic E-state index is 4.34. The number of aromatic nitrogens is 1. The van der Waals surface area contributed by atoms with E-state index < -0.39 is 0 Å². The van der Waals surface area contributed by atoms with Crippen LogP contribution in [0.5, 0.6) is 0 Å². The van der Waals surface area contributed by atoms with E-state index >= 15 is 0 Å². The third-order valence-electron chi connectivity index (χ3n) is 4.64. The molecule has 19 heavy (non-hydrogen) atoms. The van der Waals surface area contributed by atoms with Crippen molar-refractivity contribution < 1.29 is 0 Å². The molecule has 3 atom stereocenters. The van der Waals surface area contributed by atoms with Crippen molar-refractivity contribution in [2.24, 2.45) is 5.92 Å². The van der Waals surface area contributed by atoms with Gasteiger partial charge in [-0.3, -0.25) is 0 Å². The molecule has 3 unspecified atom stereocenters. The highest BCUT2D eigenvalue weighted by molar-refractivity contribution is 7.11. The quantitative estimate of drug-likeness (QED) is 0.890. The Morgan fingerprint density at radius 3 is 3.00 bits per heavy atom. The van der Waals surface area contributed by atoms with Crippen LogP contribution in [0.4, 0.5) is 0 Å². The van der Waals surface area contributed by atoms with Crippen LogP contribution in [0.15, 0.2) is 6.20 Å². The van der Waals surface area contributed by atoms with Gasteiger partial charge in [0.1, 0.15) is 0 Å². The number of piperidine rings is 1. The van der Waals surface area contributed by atoms with Gasteiger partial charge >= 0.3 is 0 Å². The Morgan fingerprint density at radius 1 is 1.32 bits per heavy atom. The highest BCUT2D eigenvalue weighted by Crippen LogP contribution is 2.32. The molecule has 1 saturated carbocycles. The van der Waals surface area contributed by atoms with Crippen molar-refractivity contribution in [1.82, 2.24) is 15.6 Å². The molecule has 3 rings (SSSR count). The molecule has 2 heterocycles. The van der Waals surface area contributed by atoms with Gasteiger partial charge in [-0.2, -0.15) is 0 Å². The van der Waals surface area contributed by atoms with Crippen molar-refractivity contribution in [1.29, 1.82) is 0 Å². The summed E-state index contributed by atoms with van der Waals surface area (Å²) in [7, 11) is 0. The summed E-state index contributed by atoms with van der Waals surface area (Å²) in [6.45, 7) is 4.31. The van der Waals surface area contributed by atoms with Crippen LogP contribution in [0.2, 0.25) is 0 Å². The molecule has 1 aliphatic carbocycles. The van der Waals surface area contributed by atoms with E-state index in [1.807, 2.05) is 17.5 Å². The largest absolute Gasteiger partial charge is 0.314 e. The van der Waals surface area contributed by atoms with Crippen LogP contribution in [0.1, 0.15) is 48.4 Å². The maximum atomic E-state index is 4.34. The summed E-state index contributed by atoms with van der Waals surface area (Å²) in [5.74, 6) is 0.842. The summed E-state index contributed by atoms with van der Waals surface area (Å²) in [6, 6.07) is 1.47. The first-order valence-electron chi connectivity index (χ1n) is 7.71. The van der Waals surface area contributed by atoms with E-state index in [2.05, 4.69) is 22.5 Å². The predicted octanol–water partition coefficient (Wildman–Crippen LogP) is 2.85. The number of aryl methyl sites for hydroxylation is 1. The second kappa shape index (κ2) is 6.33. The van der Waals surface area contributed by atoms with Crippen LogP contribution in [-0.2, 0) is 6.54 Å². The number of nitrogens with one attached hydrogen (secondary N) is 2. The Kier molecular flexibility index (Phi) is 4.51. The van der Waals surface area contributed by atoms with Gasteiger partial charge in [0.05, 0.1) is 5.01 Å². The second-order valence-electron chi connectivity index (χ2n) is 5.98. The first-order chi connectivity index (χ1) is 9.33. The van der Waals surface area contributed by atoms with Crippen LogP contribution in [0.3, 0.4) is 0 Å². The molecular formula is C15H25N3S. The second-order valence-corrected chi connectivity index (χ2v) is 7.30. The molecule has 0 bridgehead atoms. The number of nitrogens with zero attached hydrogens (tertiary/aromatic N) is 1. The molecule has 1 aromatic heterocycles. The van der Waals surface area contributed by atoms with E-state index in [0.29, 0.717) is 6.04 Å². The molecule has 2 N–H and O–H groups in total. The van der Waals surface area contributed by atoms with Gasteiger partial charge in [-0.25, -0.2) is 4.98 Å². The summed E-state index contributed by atoms with van der Waals surface area (Å²) in [5, 5.41) is 8.71. The van der Waals surface area contributed by atoms with E-state index in [0.717, 1.165) is 18.5 Å². The SMILES string of the molecule is Cc1ncc(CNC2CCCC2C2CCCCN2)s1. The van der Waals surface area contributed by atoms with Gasteiger partial charge in [0.15, 0.2) is 0 Å². The van der Waals surface area contributed by atoms with Gasteiger partial charge in [-0.15, -0.1) is 11.3 Å². The third-order valence-corrected chi connectivity index (χ3v) is 5.56. The molecule has 0 aromatic carbocycles. The summed E-state index contributed by atoms with van der Waals surface area (Å²) in [6.07, 6.45) is 10.3. The van der Waals surface area contributed by atoms with E-state index in [4.69, 9.17) is 0 Å². The lowest BCUT2D eigenvalue weighted by Gasteiger charge is -2.33. The molecule has 2 aliphatic rings. The van der Waals surface area contributed by atoms with E-state index in [1.165, 1.54) is 55.0 Å². The Hall–Kier alpha value is -0.450. The van der Waals surface area contributed by atoms with Crippen molar-refractivity contribution in [3.05, 3.63) is 16.1 Å². The smallest absolute Gasteiger partial charge is 0.0897 e. The van der Waals surface area contributed by atoms with Crippen LogP contribution >= 0.6 is 11.3 Å². The fourth-order valence-corrected chi connectivity index (χ4v) is 4.43. The van der Waals surface area contributed by atoms with Crippen LogP contribution < -0.4 is 10.6 Å². The van der Waals surface area contributed by atoms with Gasteiger partial charge in [0.2, 0.25) is 0 Å². The van der Waals surface area contributed by atoms with Crippen molar-refractivity contribution in [3.8, 4) is 0 Å². The van der Waals surface area contributed by atoms with Gasteiger partial charge < -0.3 is 10.6 Å². The lowest BCUT2D eigenvalue weighted by Crippen LogP contribution is -2.46. The molecule has 4 heteroatoms. The molecule has 0 spiro atoms. The molecule has 1 saturated heterocycles. The topological polar surface area (TPSA) is 37.0 Å². The normalized spacial score (nSPS) is 31.7. The fraction of sp³-hybridized carbons (Fsp3) is 0.800. The van der Waals surface area contributed by atoms with Crippen molar-refractivity contribution in [2.75, 3.05) is 6.54 Å². The van der Waals surface area contributed by atoms with Crippen molar-refractivity contribution >= 4 is 11.3 Å². The monoisotopic (exact) mass is 279 g/mol. The molecule has 0 radical (unpaired) electrons. The molecular weight excluding hydrogens is 254 g/mol. The Bertz CT molecular complexity index is 398. The maximum Gasteiger partial charge on any atom is 0.0897 e. The minimum Gasteiger partial charge on any atom is -0.314 e. The number of hydrogen-bond donors (Lipinski definition) is 2. The first kappa shape index (κ1) is 13.5. The van der Waals surface area contributed by atoms with Gasteiger partial charge in [-0.05, 0) is 45.1 Å². The average Bonchev–Trinajstić information content (AvgIpc) is 3.06. The molecule has 0 amide bonds. The zero-order chi connectivity index (χ0) is 13.1. The molecule has 2 fully saturated rings. The van der Waals surface area contributed by atoms with Crippen LogP contribution in [0.25, 0.3) is 0 Å². The fourth-order valence-electron chi connectivity index (χ4n) is 3.69. The molecule has 106 valence electrons. The van der Waals surface area contributed by atoms with E-state index in [9.17, 15) is 0 Å². The zero-order valence-electron chi connectivity index (χ0n) is 11.8. The first-order valence-corrected chi connectivity index (χ1v) is 8.52. The van der Waals surface area contributed by atoms with E-state index in [1.54, 1.807) is 0 Å². The van der Waals surface area contributed by atoms with Gasteiger partial charge in [0, 0.05) is 29.7 Å². The predicted molar refractivity (Wildman–Crippen MR) is 80.5 cm³/mol. The highest BCUT2D eigenvalue weighted by atomic mass is 32.1. The number of hydrogen-bond acceptors (Lipinski definition) is 4. The summed E-state index contributed by atoms with van der Waals surface area (Å²) in [4.78, 5) is 5.71. The van der Waals surface area contributed by atoms with Crippen molar-refractivity contribution in [3.63, 3.8) is 0 Å². The lowest BCUT2D eigenvalue weighted by atomic mass is 9.88. The van der Waals surface area contributed by atoms with Crippen molar-refractivity contribution in [2.45, 2.75) is 64.1 Å². The minimum absolute atomic E-state index is 0.706. The number of rotatable bonds is 4. The van der Waals surface area contributed by atoms with Crippen LogP contribution in [-0.4, -0.2) is 23.6 Å². The summed E-state index contributed by atoms with van der Waals surface area (Å²) >= 11 is 1.82. The van der Waals surface area contributed by atoms with Crippen LogP contribution in [0, 0.1) is 12.8 Å². The Balaban J connectivity index is 1.54. The zero-order valence-corrected chi connectivity index (χ0v) is 12.6. The summed E-state index contributed by atoms with van der Waals surface area (Å²) in [5.41, 5.74) is 0. The van der Waals surface area contributed by atoms with Gasteiger partial charge in [-0.1, -0.05) is 12.8 Å². The minimum atomic E-state index is 0.706. The Morgan fingerprint density at radius 2 is 2.26 bits per heavy atom. The molecule has 3 nitrogen and oxygen atoms in total. The van der Waals surface area contributed by atoms with Gasteiger partial charge in [0.25, 0.3) is 0 Å². The lowest BCUT2D eigenvalue weighted by molar-refractivity contribution is 0.257. The molecule has 1 aliphatic heterocycles. The highest BCUT2D eigenvalue weighted by Gasteiger charge is 2.33. The summed E-state index contributed by atoms with van der Waals surface area (Å²) < 4.78 is 0. The standard InChI is InChI=1S/C15H25N3S/c1-11-17-9-12(19-11)10-18-15-7-4-5-13(15)14-6-2-3-8-16-14/h9,13-16,18H,2-8,10H2,1H3. The number of thiazole rings is 1. The average molecular weight is 279 g/mol. The van der Waals surface area contributed by atoms with E-state index in [-0.39, 0.29) is 0 Å². The third kappa shape index (κ3) is 3.36.